The summed E-state index contributed by atoms with van der Waals surface area (Å²) >= 11 is 12.3. The molecule has 0 N–H and O–H groups in total. The predicted molar refractivity (Wildman–Crippen MR) is 127 cm³/mol. The van der Waals surface area contributed by atoms with Crippen molar-refractivity contribution in [1.82, 2.24) is 8.87 Å². The molecule has 7 nitrogen and oxygen atoms in total. The quantitative estimate of drug-likeness (QED) is 0.469. The molecule has 0 spiro atoms. The molecule has 1 unspecified atom stereocenters. The van der Waals surface area contributed by atoms with Crippen LogP contribution < -0.4 is 0 Å². The van der Waals surface area contributed by atoms with Gasteiger partial charge in [0.2, 0.25) is 15.9 Å². The lowest BCUT2D eigenvalue weighted by Gasteiger charge is -2.31. The minimum atomic E-state index is -3.76. The third kappa shape index (κ3) is 4.66. The van der Waals surface area contributed by atoms with Gasteiger partial charge in [0, 0.05) is 40.3 Å². The fourth-order valence-corrected chi connectivity index (χ4v) is 6.53. The molecule has 2 aromatic carbocycles. The molecule has 174 valence electrons. The molecule has 1 saturated heterocycles. The Balaban J connectivity index is 1.60. The van der Waals surface area contributed by atoms with Gasteiger partial charge < -0.3 is 4.74 Å². The Labute approximate surface area is 201 Å². The van der Waals surface area contributed by atoms with Crippen molar-refractivity contribution >= 4 is 56.0 Å². The van der Waals surface area contributed by atoms with E-state index in [2.05, 4.69) is 0 Å². The SMILES string of the molecule is COC(=O)c1cn(C(=O)C2CCCN(S(=O)(=O)Cc3c(Cl)cccc3Cl)C2)c2ccccc12. The number of sulfonamides is 1. The average Bonchev–Trinajstić information content (AvgIpc) is 3.20. The maximum absolute atomic E-state index is 13.4. The minimum Gasteiger partial charge on any atom is -0.465 e. The topological polar surface area (TPSA) is 85.7 Å². The number of para-hydroxylation sites is 1. The molecule has 4 rings (SSSR count). The van der Waals surface area contributed by atoms with Crippen LogP contribution in [-0.4, -0.2) is 49.4 Å². The first-order chi connectivity index (χ1) is 15.7. The van der Waals surface area contributed by atoms with Crippen molar-refractivity contribution in [1.29, 1.82) is 0 Å². The Hall–Kier alpha value is -2.39. The number of ether oxygens (including phenoxy) is 1. The summed E-state index contributed by atoms with van der Waals surface area (Å²) in [7, 11) is -2.47. The van der Waals surface area contributed by atoms with E-state index in [1.807, 2.05) is 0 Å². The zero-order valence-corrected chi connectivity index (χ0v) is 20.2. The van der Waals surface area contributed by atoms with E-state index in [1.165, 1.54) is 22.2 Å². The molecule has 1 aliphatic rings. The summed E-state index contributed by atoms with van der Waals surface area (Å²) in [5.41, 5.74) is 1.20. The molecule has 1 aliphatic heterocycles. The van der Waals surface area contributed by atoms with Crippen LogP contribution in [0, 0.1) is 5.92 Å². The van der Waals surface area contributed by atoms with Crippen molar-refractivity contribution in [2.24, 2.45) is 5.92 Å². The van der Waals surface area contributed by atoms with Crippen molar-refractivity contribution in [2.75, 3.05) is 20.2 Å². The summed E-state index contributed by atoms with van der Waals surface area (Å²) in [4.78, 5) is 25.6. The molecule has 2 heterocycles. The van der Waals surface area contributed by atoms with Crippen LogP contribution in [0.1, 0.15) is 33.6 Å². The van der Waals surface area contributed by atoms with Crippen LogP contribution in [0.4, 0.5) is 0 Å². The number of fused-ring (bicyclic) bond motifs is 1. The largest absolute Gasteiger partial charge is 0.465 e. The molecule has 1 fully saturated rings. The number of rotatable bonds is 5. The molecule has 0 radical (unpaired) electrons. The first kappa shape index (κ1) is 23.8. The first-order valence-corrected chi connectivity index (χ1v) is 12.7. The monoisotopic (exact) mass is 508 g/mol. The van der Waals surface area contributed by atoms with Gasteiger partial charge in [-0.15, -0.1) is 0 Å². The van der Waals surface area contributed by atoms with Crippen LogP contribution in [0.5, 0.6) is 0 Å². The van der Waals surface area contributed by atoms with E-state index >= 15 is 0 Å². The van der Waals surface area contributed by atoms with Gasteiger partial charge in [0.05, 0.1) is 29.9 Å². The molecular formula is C23H22Cl2N2O5S. The average molecular weight is 509 g/mol. The summed E-state index contributed by atoms with van der Waals surface area (Å²) in [6.07, 6.45) is 2.54. The predicted octanol–water partition coefficient (Wildman–Crippen LogP) is 4.62. The number of carbonyl (C=O) groups is 2. The van der Waals surface area contributed by atoms with E-state index in [0.29, 0.717) is 35.9 Å². The Morgan fingerprint density at radius 1 is 1.09 bits per heavy atom. The van der Waals surface area contributed by atoms with Gasteiger partial charge in [0.15, 0.2) is 0 Å². The summed E-state index contributed by atoms with van der Waals surface area (Å²) in [5.74, 6) is -1.71. The third-order valence-electron chi connectivity index (χ3n) is 5.87. The van der Waals surface area contributed by atoms with Gasteiger partial charge in [0.25, 0.3) is 0 Å². The van der Waals surface area contributed by atoms with Gasteiger partial charge in [0.1, 0.15) is 0 Å². The number of halogens is 2. The number of esters is 1. The van der Waals surface area contributed by atoms with Crippen LogP contribution in [-0.2, 0) is 20.5 Å². The lowest BCUT2D eigenvalue weighted by molar-refractivity contribution is 0.0603. The number of methoxy groups -OCH3 is 1. The molecular weight excluding hydrogens is 487 g/mol. The molecule has 0 amide bonds. The standard InChI is InChI=1S/C23H22Cl2N2O5S/c1-32-23(29)17-13-27(21-10-3-2-7-16(17)21)22(28)15-6-5-11-26(12-15)33(30,31)14-18-19(24)8-4-9-20(18)25/h2-4,7-10,13,15H,5-6,11-12,14H2,1H3. The first-order valence-electron chi connectivity index (χ1n) is 10.4. The zero-order chi connectivity index (χ0) is 23.8. The van der Waals surface area contributed by atoms with E-state index in [4.69, 9.17) is 27.9 Å². The van der Waals surface area contributed by atoms with E-state index < -0.39 is 21.9 Å². The van der Waals surface area contributed by atoms with Gasteiger partial charge in [-0.05, 0) is 31.0 Å². The van der Waals surface area contributed by atoms with E-state index in [-0.39, 0.29) is 33.8 Å². The highest BCUT2D eigenvalue weighted by Gasteiger charge is 2.34. The third-order valence-corrected chi connectivity index (χ3v) is 8.35. The highest BCUT2D eigenvalue weighted by molar-refractivity contribution is 7.88. The highest BCUT2D eigenvalue weighted by Crippen LogP contribution is 2.30. The number of aromatic nitrogens is 1. The second-order valence-electron chi connectivity index (χ2n) is 7.91. The molecule has 3 aromatic rings. The number of nitrogens with zero attached hydrogens (tertiary/aromatic N) is 2. The molecule has 0 saturated carbocycles. The van der Waals surface area contributed by atoms with Gasteiger partial charge in [-0.1, -0.05) is 47.5 Å². The second-order valence-corrected chi connectivity index (χ2v) is 10.7. The Morgan fingerprint density at radius 3 is 2.48 bits per heavy atom. The number of carbonyl (C=O) groups excluding carboxylic acids is 2. The van der Waals surface area contributed by atoms with Crippen molar-refractivity contribution in [2.45, 2.75) is 18.6 Å². The van der Waals surface area contributed by atoms with Crippen LogP contribution in [0.2, 0.25) is 10.0 Å². The highest BCUT2D eigenvalue weighted by atomic mass is 35.5. The van der Waals surface area contributed by atoms with Crippen molar-refractivity contribution in [3.63, 3.8) is 0 Å². The fraction of sp³-hybridized carbons (Fsp3) is 0.304. The minimum absolute atomic E-state index is 0.0449. The lowest BCUT2D eigenvalue weighted by atomic mass is 9.98. The molecule has 1 aromatic heterocycles. The maximum Gasteiger partial charge on any atom is 0.340 e. The van der Waals surface area contributed by atoms with Gasteiger partial charge in [-0.3, -0.25) is 9.36 Å². The summed E-state index contributed by atoms with van der Waals surface area (Å²) in [6, 6.07) is 11.9. The van der Waals surface area contributed by atoms with Crippen molar-refractivity contribution < 1.29 is 22.7 Å². The second kappa shape index (κ2) is 9.46. The molecule has 10 heteroatoms. The number of hydrogen-bond acceptors (Lipinski definition) is 5. The van der Waals surface area contributed by atoms with E-state index in [1.54, 1.807) is 42.5 Å². The van der Waals surface area contributed by atoms with Crippen molar-refractivity contribution in [3.8, 4) is 0 Å². The van der Waals surface area contributed by atoms with Crippen LogP contribution >= 0.6 is 23.2 Å². The summed E-state index contributed by atoms with van der Waals surface area (Å²) in [6.45, 7) is 0.358. The Bertz CT molecular complexity index is 1320. The fourth-order valence-electron chi connectivity index (χ4n) is 4.17. The smallest absolute Gasteiger partial charge is 0.340 e. The van der Waals surface area contributed by atoms with Crippen molar-refractivity contribution in [3.05, 3.63) is 69.8 Å². The molecule has 0 aliphatic carbocycles. The van der Waals surface area contributed by atoms with E-state index in [0.717, 1.165) is 0 Å². The lowest BCUT2D eigenvalue weighted by Crippen LogP contribution is -2.43. The molecule has 33 heavy (non-hydrogen) atoms. The molecule has 1 atom stereocenters. The van der Waals surface area contributed by atoms with Crippen LogP contribution in [0.25, 0.3) is 10.9 Å². The Morgan fingerprint density at radius 2 is 1.79 bits per heavy atom. The summed E-state index contributed by atoms with van der Waals surface area (Å²) < 4.78 is 33.9. The van der Waals surface area contributed by atoms with Crippen LogP contribution in [0.15, 0.2) is 48.7 Å². The van der Waals surface area contributed by atoms with Gasteiger partial charge in [-0.25, -0.2) is 17.5 Å². The van der Waals surface area contributed by atoms with Gasteiger partial charge >= 0.3 is 5.97 Å². The van der Waals surface area contributed by atoms with Crippen LogP contribution in [0.3, 0.4) is 0 Å². The zero-order valence-electron chi connectivity index (χ0n) is 17.8. The van der Waals surface area contributed by atoms with Gasteiger partial charge in [-0.2, -0.15) is 0 Å². The number of hydrogen-bond donors (Lipinski definition) is 0. The maximum atomic E-state index is 13.4. The summed E-state index contributed by atoms with van der Waals surface area (Å²) in [5, 5.41) is 1.17. The Kier molecular flexibility index (Phi) is 6.81. The van der Waals surface area contributed by atoms with E-state index in [9.17, 15) is 18.0 Å². The normalized spacial score (nSPS) is 17.2. The number of benzene rings is 2. The number of piperidine rings is 1. The molecule has 0 bridgehead atoms.